The standard InChI is InChI=1S/C17H22N2/c1-11(2)18-16-8-6-7-15(19-16)17-13(4)9-12(3)10-14(17)5/h6-11H,1-5H3,(H,18,19). The van der Waals surface area contributed by atoms with Gasteiger partial charge in [-0.25, -0.2) is 4.98 Å². The van der Waals surface area contributed by atoms with Crippen LogP contribution in [-0.2, 0) is 0 Å². The van der Waals surface area contributed by atoms with Crippen LogP contribution in [0.1, 0.15) is 30.5 Å². The Labute approximate surface area is 115 Å². The third-order valence-electron chi connectivity index (χ3n) is 3.12. The van der Waals surface area contributed by atoms with Gasteiger partial charge in [-0.15, -0.1) is 0 Å². The normalized spacial score (nSPS) is 10.8. The number of hydrogen-bond acceptors (Lipinski definition) is 2. The molecule has 0 aliphatic rings. The summed E-state index contributed by atoms with van der Waals surface area (Å²) in [6.07, 6.45) is 0. The van der Waals surface area contributed by atoms with Gasteiger partial charge < -0.3 is 5.32 Å². The molecule has 1 aromatic heterocycles. The maximum atomic E-state index is 4.72. The highest BCUT2D eigenvalue weighted by Crippen LogP contribution is 2.27. The zero-order chi connectivity index (χ0) is 14.0. The second-order valence-corrected chi connectivity index (χ2v) is 5.48. The topological polar surface area (TPSA) is 24.9 Å². The number of rotatable bonds is 3. The van der Waals surface area contributed by atoms with Crippen molar-refractivity contribution in [2.45, 2.75) is 40.7 Å². The number of aromatic nitrogens is 1. The molecule has 0 amide bonds. The Morgan fingerprint density at radius 2 is 1.63 bits per heavy atom. The molecule has 0 bridgehead atoms. The number of aryl methyl sites for hydroxylation is 3. The molecule has 1 aromatic carbocycles. The van der Waals surface area contributed by atoms with Gasteiger partial charge in [0, 0.05) is 11.6 Å². The lowest BCUT2D eigenvalue weighted by atomic mass is 9.97. The fourth-order valence-corrected chi connectivity index (χ4v) is 2.53. The van der Waals surface area contributed by atoms with E-state index in [0.717, 1.165) is 11.5 Å². The Morgan fingerprint density at radius 1 is 1.00 bits per heavy atom. The minimum Gasteiger partial charge on any atom is -0.368 e. The molecule has 2 heteroatoms. The molecule has 2 rings (SSSR count). The molecule has 0 unspecified atom stereocenters. The summed E-state index contributed by atoms with van der Waals surface area (Å²) < 4.78 is 0. The van der Waals surface area contributed by atoms with E-state index in [1.807, 2.05) is 6.07 Å². The molecule has 0 aliphatic heterocycles. The van der Waals surface area contributed by atoms with Crippen molar-refractivity contribution < 1.29 is 0 Å². The summed E-state index contributed by atoms with van der Waals surface area (Å²) >= 11 is 0. The van der Waals surface area contributed by atoms with Crippen molar-refractivity contribution in [3.63, 3.8) is 0 Å². The highest BCUT2D eigenvalue weighted by atomic mass is 15.0. The molecule has 0 saturated carbocycles. The average Bonchev–Trinajstić information content (AvgIpc) is 2.26. The van der Waals surface area contributed by atoms with Crippen LogP contribution < -0.4 is 5.32 Å². The Kier molecular flexibility index (Phi) is 3.89. The SMILES string of the molecule is Cc1cc(C)c(-c2cccc(NC(C)C)n2)c(C)c1. The van der Waals surface area contributed by atoms with E-state index in [9.17, 15) is 0 Å². The Balaban J connectivity index is 2.47. The first-order valence-electron chi connectivity index (χ1n) is 6.79. The lowest BCUT2D eigenvalue weighted by molar-refractivity contribution is 0.889. The minimum absolute atomic E-state index is 0.392. The second kappa shape index (κ2) is 5.43. The molecule has 0 atom stereocenters. The minimum atomic E-state index is 0.392. The Hall–Kier alpha value is -1.83. The summed E-state index contributed by atoms with van der Waals surface area (Å²) in [6.45, 7) is 10.7. The Morgan fingerprint density at radius 3 is 2.21 bits per heavy atom. The summed E-state index contributed by atoms with van der Waals surface area (Å²) in [5.41, 5.74) is 6.16. The van der Waals surface area contributed by atoms with Crippen LogP contribution in [0, 0.1) is 20.8 Å². The molecule has 2 nitrogen and oxygen atoms in total. The van der Waals surface area contributed by atoms with Crippen molar-refractivity contribution >= 4 is 5.82 Å². The van der Waals surface area contributed by atoms with Crippen molar-refractivity contribution in [2.75, 3.05) is 5.32 Å². The van der Waals surface area contributed by atoms with Crippen LogP contribution in [0.3, 0.4) is 0 Å². The van der Waals surface area contributed by atoms with Crippen molar-refractivity contribution in [1.82, 2.24) is 4.98 Å². The van der Waals surface area contributed by atoms with Gasteiger partial charge in [-0.3, -0.25) is 0 Å². The summed E-state index contributed by atoms with van der Waals surface area (Å²) in [6, 6.07) is 11.0. The summed E-state index contributed by atoms with van der Waals surface area (Å²) in [5, 5.41) is 3.35. The second-order valence-electron chi connectivity index (χ2n) is 5.48. The maximum absolute atomic E-state index is 4.72. The predicted molar refractivity (Wildman–Crippen MR) is 82.6 cm³/mol. The molecular formula is C17H22N2. The molecule has 2 aromatic rings. The average molecular weight is 254 g/mol. The highest BCUT2D eigenvalue weighted by molar-refractivity contribution is 5.69. The van der Waals surface area contributed by atoms with Crippen molar-refractivity contribution in [1.29, 1.82) is 0 Å². The van der Waals surface area contributed by atoms with Crippen molar-refractivity contribution in [3.05, 3.63) is 47.0 Å². The van der Waals surface area contributed by atoms with E-state index < -0.39 is 0 Å². The fraction of sp³-hybridized carbons (Fsp3) is 0.353. The van der Waals surface area contributed by atoms with E-state index in [1.54, 1.807) is 0 Å². The number of hydrogen-bond donors (Lipinski definition) is 1. The molecule has 19 heavy (non-hydrogen) atoms. The van der Waals surface area contributed by atoms with Crippen LogP contribution in [0.2, 0.25) is 0 Å². The quantitative estimate of drug-likeness (QED) is 0.872. The van der Waals surface area contributed by atoms with E-state index in [2.05, 4.69) is 64.2 Å². The van der Waals surface area contributed by atoms with Gasteiger partial charge in [-0.2, -0.15) is 0 Å². The van der Waals surface area contributed by atoms with E-state index in [1.165, 1.54) is 22.3 Å². The molecule has 0 radical (unpaired) electrons. The van der Waals surface area contributed by atoms with Gasteiger partial charge in [-0.05, 0) is 57.9 Å². The van der Waals surface area contributed by atoms with Crippen LogP contribution in [0.4, 0.5) is 5.82 Å². The number of pyridine rings is 1. The van der Waals surface area contributed by atoms with Crippen molar-refractivity contribution in [3.8, 4) is 11.3 Å². The zero-order valence-electron chi connectivity index (χ0n) is 12.4. The number of nitrogens with one attached hydrogen (secondary N) is 1. The molecule has 100 valence electrons. The van der Waals surface area contributed by atoms with E-state index in [0.29, 0.717) is 6.04 Å². The van der Waals surface area contributed by atoms with Gasteiger partial charge in [0.1, 0.15) is 5.82 Å². The van der Waals surface area contributed by atoms with Crippen LogP contribution >= 0.6 is 0 Å². The Bertz CT molecular complexity index is 563. The molecular weight excluding hydrogens is 232 g/mol. The van der Waals surface area contributed by atoms with Gasteiger partial charge >= 0.3 is 0 Å². The number of benzene rings is 1. The van der Waals surface area contributed by atoms with Gasteiger partial charge in [0.05, 0.1) is 5.69 Å². The summed E-state index contributed by atoms with van der Waals surface area (Å²) in [7, 11) is 0. The van der Waals surface area contributed by atoms with Gasteiger partial charge in [0.25, 0.3) is 0 Å². The molecule has 1 heterocycles. The molecule has 0 aliphatic carbocycles. The number of nitrogens with zero attached hydrogens (tertiary/aromatic N) is 1. The smallest absolute Gasteiger partial charge is 0.126 e. The summed E-state index contributed by atoms with van der Waals surface area (Å²) in [4.78, 5) is 4.72. The van der Waals surface area contributed by atoms with Crippen LogP contribution in [-0.4, -0.2) is 11.0 Å². The van der Waals surface area contributed by atoms with E-state index >= 15 is 0 Å². The summed E-state index contributed by atoms with van der Waals surface area (Å²) in [5.74, 6) is 0.937. The van der Waals surface area contributed by atoms with Gasteiger partial charge in [-0.1, -0.05) is 23.8 Å². The third-order valence-corrected chi connectivity index (χ3v) is 3.12. The van der Waals surface area contributed by atoms with Crippen molar-refractivity contribution in [2.24, 2.45) is 0 Å². The highest BCUT2D eigenvalue weighted by Gasteiger charge is 2.08. The maximum Gasteiger partial charge on any atom is 0.126 e. The van der Waals surface area contributed by atoms with Crippen LogP contribution in [0.5, 0.6) is 0 Å². The largest absolute Gasteiger partial charge is 0.368 e. The van der Waals surface area contributed by atoms with E-state index in [-0.39, 0.29) is 0 Å². The lowest BCUT2D eigenvalue weighted by Crippen LogP contribution is -2.11. The van der Waals surface area contributed by atoms with Gasteiger partial charge in [0.2, 0.25) is 0 Å². The van der Waals surface area contributed by atoms with Crippen LogP contribution in [0.25, 0.3) is 11.3 Å². The third kappa shape index (κ3) is 3.14. The number of anilines is 1. The first-order chi connectivity index (χ1) is 8.97. The monoisotopic (exact) mass is 254 g/mol. The zero-order valence-corrected chi connectivity index (χ0v) is 12.4. The lowest BCUT2D eigenvalue weighted by Gasteiger charge is -2.13. The predicted octanol–water partition coefficient (Wildman–Crippen LogP) is 4.49. The first kappa shape index (κ1) is 13.6. The molecule has 0 fully saturated rings. The molecule has 1 N–H and O–H groups in total. The molecule has 0 saturated heterocycles. The fourth-order valence-electron chi connectivity index (χ4n) is 2.53. The molecule has 0 spiro atoms. The van der Waals surface area contributed by atoms with Gasteiger partial charge in [0.15, 0.2) is 0 Å². The first-order valence-corrected chi connectivity index (χ1v) is 6.79. The van der Waals surface area contributed by atoms with E-state index in [4.69, 9.17) is 4.98 Å². The van der Waals surface area contributed by atoms with Crippen LogP contribution in [0.15, 0.2) is 30.3 Å².